The van der Waals surface area contributed by atoms with Crippen molar-refractivity contribution in [3.8, 4) is 0 Å². The van der Waals surface area contributed by atoms with Crippen LogP contribution in [0.1, 0.15) is 38.7 Å². The van der Waals surface area contributed by atoms with Gasteiger partial charge in [-0.25, -0.2) is 0 Å². The third-order valence-electron chi connectivity index (χ3n) is 4.03. The van der Waals surface area contributed by atoms with Gasteiger partial charge in [-0.05, 0) is 37.3 Å². The van der Waals surface area contributed by atoms with Crippen LogP contribution in [0.5, 0.6) is 0 Å². The Labute approximate surface area is 138 Å². The average molecular weight is 317 g/mol. The van der Waals surface area contributed by atoms with Crippen molar-refractivity contribution >= 4 is 11.8 Å². The summed E-state index contributed by atoms with van der Waals surface area (Å²) in [5.41, 5.74) is 1.05. The Morgan fingerprint density at radius 3 is 2.61 bits per heavy atom. The molecule has 0 radical (unpaired) electrons. The van der Waals surface area contributed by atoms with Gasteiger partial charge >= 0.3 is 0 Å². The third kappa shape index (κ3) is 5.67. The summed E-state index contributed by atoms with van der Waals surface area (Å²) in [6, 6.07) is 9.14. The second-order valence-electron chi connectivity index (χ2n) is 6.54. The minimum atomic E-state index is -0.478. The van der Waals surface area contributed by atoms with Crippen LogP contribution in [-0.4, -0.2) is 30.4 Å². The Bertz CT molecular complexity index is 510. The quantitative estimate of drug-likeness (QED) is 0.715. The van der Waals surface area contributed by atoms with Crippen LogP contribution in [0.25, 0.3) is 0 Å². The van der Waals surface area contributed by atoms with Crippen LogP contribution in [0.4, 0.5) is 0 Å². The molecular weight excluding hydrogens is 290 g/mol. The first kappa shape index (κ1) is 17.5. The van der Waals surface area contributed by atoms with Crippen molar-refractivity contribution in [3.05, 3.63) is 35.9 Å². The van der Waals surface area contributed by atoms with E-state index in [9.17, 15) is 9.59 Å². The number of hydrogen-bond donors (Lipinski definition) is 3. The fraction of sp³-hybridized carbons (Fsp3) is 0.556. The highest BCUT2D eigenvalue weighted by atomic mass is 16.2. The number of benzene rings is 1. The SMILES string of the molecule is CC(C)C[C@H](NC(=O)[C@@H]1CCCN1)C(=O)NCc1ccccc1. The van der Waals surface area contributed by atoms with Crippen LogP contribution in [-0.2, 0) is 16.1 Å². The molecule has 2 rings (SSSR count). The van der Waals surface area contributed by atoms with E-state index in [2.05, 4.69) is 29.8 Å². The van der Waals surface area contributed by atoms with Gasteiger partial charge < -0.3 is 16.0 Å². The fourth-order valence-electron chi connectivity index (χ4n) is 2.79. The smallest absolute Gasteiger partial charge is 0.242 e. The van der Waals surface area contributed by atoms with E-state index in [4.69, 9.17) is 0 Å². The maximum absolute atomic E-state index is 12.5. The van der Waals surface area contributed by atoms with E-state index in [1.54, 1.807) is 0 Å². The van der Waals surface area contributed by atoms with Crippen LogP contribution in [0, 0.1) is 5.92 Å². The average Bonchev–Trinajstić information content (AvgIpc) is 3.07. The van der Waals surface area contributed by atoms with Gasteiger partial charge in [0.25, 0.3) is 0 Å². The van der Waals surface area contributed by atoms with Crippen molar-refractivity contribution in [3.63, 3.8) is 0 Å². The summed E-state index contributed by atoms with van der Waals surface area (Å²) in [6.07, 6.45) is 2.48. The number of amides is 2. The maximum Gasteiger partial charge on any atom is 0.242 e. The second-order valence-corrected chi connectivity index (χ2v) is 6.54. The monoisotopic (exact) mass is 317 g/mol. The molecule has 1 aromatic carbocycles. The molecule has 2 amide bonds. The highest BCUT2D eigenvalue weighted by Gasteiger charge is 2.27. The number of carbonyl (C=O) groups excluding carboxylic acids is 2. The first-order chi connectivity index (χ1) is 11.1. The zero-order valence-electron chi connectivity index (χ0n) is 14.0. The lowest BCUT2D eigenvalue weighted by atomic mass is 10.0. The van der Waals surface area contributed by atoms with E-state index in [0.29, 0.717) is 18.9 Å². The van der Waals surface area contributed by atoms with E-state index in [-0.39, 0.29) is 17.9 Å². The van der Waals surface area contributed by atoms with E-state index < -0.39 is 6.04 Å². The fourth-order valence-corrected chi connectivity index (χ4v) is 2.79. The van der Waals surface area contributed by atoms with Crippen LogP contribution < -0.4 is 16.0 Å². The standard InChI is InChI=1S/C18H27N3O2/c1-13(2)11-16(21-18(23)15-9-6-10-19-15)17(22)20-12-14-7-4-3-5-8-14/h3-5,7-8,13,15-16,19H,6,9-12H2,1-2H3,(H,20,22)(H,21,23)/t15-,16-/m0/s1. The summed E-state index contributed by atoms with van der Waals surface area (Å²) in [5, 5.41) is 9.01. The molecule has 0 spiro atoms. The van der Waals surface area contributed by atoms with Crippen LogP contribution >= 0.6 is 0 Å². The molecule has 2 atom stereocenters. The van der Waals surface area contributed by atoms with E-state index in [1.807, 2.05) is 30.3 Å². The highest BCUT2D eigenvalue weighted by molar-refractivity contribution is 5.89. The summed E-state index contributed by atoms with van der Waals surface area (Å²) in [7, 11) is 0. The highest BCUT2D eigenvalue weighted by Crippen LogP contribution is 2.09. The summed E-state index contributed by atoms with van der Waals surface area (Å²) in [5.74, 6) is 0.149. The van der Waals surface area contributed by atoms with Crippen molar-refractivity contribution in [2.75, 3.05) is 6.54 Å². The summed E-state index contributed by atoms with van der Waals surface area (Å²) in [4.78, 5) is 24.7. The Morgan fingerprint density at radius 2 is 2.00 bits per heavy atom. The van der Waals surface area contributed by atoms with Crippen LogP contribution in [0.15, 0.2) is 30.3 Å². The van der Waals surface area contributed by atoms with Gasteiger partial charge in [0.05, 0.1) is 6.04 Å². The Kier molecular flexibility index (Phi) is 6.59. The first-order valence-corrected chi connectivity index (χ1v) is 8.41. The molecular formula is C18H27N3O2. The molecule has 5 nitrogen and oxygen atoms in total. The molecule has 0 aliphatic carbocycles. The van der Waals surface area contributed by atoms with Gasteiger partial charge in [0.1, 0.15) is 6.04 Å². The van der Waals surface area contributed by atoms with E-state index in [0.717, 1.165) is 24.9 Å². The van der Waals surface area contributed by atoms with Gasteiger partial charge in [0.2, 0.25) is 11.8 Å². The van der Waals surface area contributed by atoms with Crippen molar-refractivity contribution in [1.82, 2.24) is 16.0 Å². The van der Waals surface area contributed by atoms with Crippen LogP contribution in [0.2, 0.25) is 0 Å². The number of carbonyl (C=O) groups is 2. The molecule has 0 aromatic heterocycles. The molecule has 0 bridgehead atoms. The molecule has 1 saturated heterocycles. The lowest BCUT2D eigenvalue weighted by molar-refractivity contribution is -0.130. The summed E-state index contributed by atoms with van der Waals surface area (Å²) >= 11 is 0. The van der Waals surface area contributed by atoms with E-state index in [1.165, 1.54) is 0 Å². The molecule has 1 aliphatic rings. The van der Waals surface area contributed by atoms with E-state index >= 15 is 0 Å². The molecule has 0 unspecified atom stereocenters. The lowest BCUT2D eigenvalue weighted by Crippen LogP contribution is -2.51. The van der Waals surface area contributed by atoms with Crippen molar-refractivity contribution in [1.29, 1.82) is 0 Å². The zero-order chi connectivity index (χ0) is 16.7. The minimum Gasteiger partial charge on any atom is -0.350 e. The van der Waals surface area contributed by atoms with Gasteiger partial charge in [0, 0.05) is 6.54 Å². The molecule has 1 fully saturated rings. The molecule has 1 aliphatic heterocycles. The lowest BCUT2D eigenvalue weighted by Gasteiger charge is -2.22. The van der Waals surface area contributed by atoms with Gasteiger partial charge in [-0.2, -0.15) is 0 Å². The molecule has 1 heterocycles. The molecule has 23 heavy (non-hydrogen) atoms. The van der Waals surface area contributed by atoms with Gasteiger partial charge in [0.15, 0.2) is 0 Å². The largest absolute Gasteiger partial charge is 0.350 e. The Morgan fingerprint density at radius 1 is 1.26 bits per heavy atom. The number of hydrogen-bond acceptors (Lipinski definition) is 3. The molecule has 5 heteroatoms. The third-order valence-corrected chi connectivity index (χ3v) is 4.03. The number of nitrogens with one attached hydrogen (secondary N) is 3. The molecule has 3 N–H and O–H groups in total. The van der Waals surface area contributed by atoms with Crippen LogP contribution in [0.3, 0.4) is 0 Å². The Hall–Kier alpha value is -1.88. The second kappa shape index (κ2) is 8.67. The van der Waals surface area contributed by atoms with Gasteiger partial charge in [-0.1, -0.05) is 44.2 Å². The Balaban J connectivity index is 1.90. The van der Waals surface area contributed by atoms with Gasteiger partial charge in [-0.15, -0.1) is 0 Å². The van der Waals surface area contributed by atoms with Crippen molar-refractivity contribution in [2.24, 2.45) is 5.92 Å². The normalized spacial score (nSPS) is 18.7. The predicted octanol–water partition coefficient (Wildman–Crippen LogP) is 1.59. The number of rotatable bonds is 7. The maximum atomic E-state index is 12.5. The minimum absolute atomic E-state index is 0.0667. The zero-order valence-corrected chi connectivity index (χ0v) is 14.0. The van der Waals surface area contributed by atoms with Gasteiger partial charge in [-0.3, -0.25) is 9.59 Å². The van der Waals surface area contributed by atoms with Crippen molar-refractivity contribution in [2.45, 2.75) is 51.7 Å². The topological polar surface area (TPSA) is 70.2 Å². The van der Waals surface area contributed by atoms with Crippen molar-refractivity contribution < 1.29 is 9.59 Å². The molecule has 126 valence electrons. The molecule has 0 saturated carbocycles. The summed E-state index contributed by atoms with van der Waals surface area (Å²) in [6.45, 7) is 5.45. The molecule has 1 aromatic rings. The summed E-state index contributed by atoms with van der Waals surface area (Å²) < 4.78 is 0. The predicted molar refractivity (Wildman–Crippen MR) is 90.7 cm³/mol. The first-order valence-electron chi connectivity index (χ1n) is 8.41.